The third-order valence-corrected chi connectivity index (χ3v) is 5.34. The molecule has 2 aromatic carbocycles. The zero-order chi connectivity index (χ0) is 20.1. The summed E-state index contributed by atoms with van der Waals surface area (Å²) in [6.07, 6.45) is 0.942. The summed E-state index contributed by atoms with van der Waals surface area (Å²) in [7, 11) is 3.32. The maximum Gasteiger partial charge on any atom is 0.222 e. The van der Waals surface area contributed by atoms with Crippen molar-refractivity contribution in [3.05, 3.63) is 59.2 Å². The average Bonchev–Trinajstić information content (AvgIpc) is 2.72. The molecule has 28 heavy (non-hydrogen) atoms. The summed E-state index contributed by atoms with van der Waals surface area (Å²) >= 11 is 0. The first-order valence-corrected chi connectivity index (χ1v) is 9.84. The van der Waals surface area contributed by atoms with Gasteiger partial charge in [0.05, 0.1) is 20.3 Å². The van der Waals surface area contributed by atoms with Crippen molar-refractivity contribution in [2.24, 2.45) is 5.92 Å². The van der Waals surface area contributed by atoms with Crippen LogP contribution in [0.25, 0.3) is 0 Å². The minimum absolute atomic E-state index is 0.0314. The fourth-order valence-corrected chi connectivity index (χ4v) is 3.73. The normalized spacial score (nSPS) is 16.5. The van der Waals surface area contributed by atoms with E-state index in [1.807, 2.05) is 19.9 Å². The highest BCUT2D eigenvalue weighted by Gasteiger charge is 2.29. The molecule has 0 aromatic heterocycles. The molecule has 1 amide bonds. The molecule has 2 aromatic rings. The van der Waals surface area contributed by atoms with Crippen LogP contribution in [0.4, 0.5) is 0 Å². The predicted molar refractivity (Wildman–Crippen MR) is 111 cm³/mol. The first kappa shape index (κ1) is 20.2. The Kier molecular flexibility index (Phi) is 6.57. The molecule has 1 N–H and O–H groups in total. The van der Waals surface area contributed by atoms with Crippen LogP contribution in [-0.2, 0) is 17.8 Å². The van der Waals surface area contributed by atoms with E-state index in [-0.39, 0.29) is 17.9 Å². The molecule has 1 heterocycles. The number of fused-ring (bicyclic) bond motifs is 1. The maximum atomic E-state index is 12.2. The summed E-state index contributed by atoms with van der Waals surface area (Å²) in [5.74, 6) is 1.52. The number of hydrogen-bond acceptors (Lipinski definition) is 4. The van der Waals surface area contributed by atoms with Crippen LogP contribution in [0.15, 0.2) is 42.5 Å². The summed E-state index contributed by atoms with van der Waals surface area (Å²) in [6.45, 7) is 6.18. The van der Waals surface area contributed by atoms with Crippen LogP contribution in [0.1, 0.15) is 36.6 Å². The smallest absolute Gasteiger partial charge is 0.222 e. The van der Waals surface area contributed by atoms with Gasteiger partial charge in [-0.15, -0.1) is 0 Å². The van der Waals surface area contributed by atoms with Crippen molar-refractivity contribution in [3.8, 4) is 11.5 Å². The quantitative estimate of drug-likeness (QED) is 0.795. The molecule has 150 valence electrons. The highest BCUT2D eigenvalue weighted by Crippen LogP contribution is 2.38. The minimum Gasteiger partial charge on any atom is -0.493 e. The van der Waals surface area contributed by atoms with Crippen LogP contribution in [0, 0.1) is 5.92 Å². The van der Waals surface area contributed by atoms with Crippen molar-refractivity contribution in [3.63, 3.8) is 0 Å². The second-order valence-corrected chi connectivity index (χ2v) is 7.53. The van der Waals surface area contributed by atoms with E-state index in [9.17, 15) is 4.79 Å². The Balaban J connectivity index is 1.92. The number of rotatable bonds is 7. The van der Waals surface area contributed by atoms with Crippen LogP contribution in [-0.4, -0.2) is 38.1 Å². The van der Waals surface area contributed by atoms with E-state index in [1.165, 1.54) is 16.7 Å². The van der Waals surface area contributed by atoms with Crippen molar-refractivity contribution < 1.29 is 14.3 Å². The topological polar surface area (TPSA) is 50.8 Å². The van der Waals surface area contributed by atoms with Gasteiger partial charge in [-0.05, 0) is 35.2 Å². The van der Waals surface area contributed by atoms with E-state index >= 15 is 0 Å². The van der Waals surface area contributed by atoms with Crippen molar-refractivity contribution in [1.82, 2.24) is 10.2 Å². The van der Waals surface area contributed by atoms with Gasteiger partial charge in [0.1, 0.15) is 0 Å². The molecular weight excluding hydrogens is 352 g/mol. The number of nitrogens with one attached hydrogen (secondary N) is 1. The summed E-state index contributed by atoms with van der Waals surface area (Å²) < 4.78 is 11.0. The number of carbonyl (C=O) groups is 1. The highest BCUT2D eigenvalue weighted by atomic mass is 16.5. The maximum absolute atomic E-state index is 12.2. The number of amides is 1. The molecule has 0 fully saturated rings. The lowest BCUT2D eigenvalue weighted by atomic mass is 9.91. The second-order valence-electron chi connectivity index (χ2n) is 7.53. The lowest BCUT2D eigenvalue weighted by molar-refractivity contribution is -0.124. The van der Waals surface area contributed by atoms with Gasteiger partial charge in [-0.2, -0.15) is 0 Å². The summed E-state index contributed by atoms with van der Waals surface area (Å²) in [4.78, 5) is 14.6. The Hall–Kier alpha value is -2.53. The standard InChI is InChI=1S/C23H30N2O3/c1-16(2)23(26)24-14-20-19-13-22(28-4)21(27-3)12-18(19)10-11-25(20)15-17-8-6-5-7-9-17/h5-9,12-13,16,20H,10-11,14-15H2,1-4H3,(H,24,26)/t20-/m0/s1. The predicted octanol–water partition coefficient (Wildman–Crippen LogP) is 3.58. The fraction of sp³-hybridized carbons (Fsp3) is 0.435. The Labute approximate surface area is 167 Å². The highest BCUT2D eigenvalue weighted by molar-refractivity contribution is 5.77. The fourth-order valence-electron chi connectivity index (χ4n) is 3.73. The first-order chi connectivity index (χ1) is 13.5. The van der Waals surface area contributed by atoms with Gasteiger partial charge in [0.2, 0.25) is 5.91 Å². The van der Waals surface area contributed by atoms with Gasteiger partial charge >= 0.3 is 0 Å². The molecule has 1 aliphatic rings. The van der Waals surface area contributed by atoms with Crippen molar-refractivity contribution >= 4 is 5.91 Å². The van der Waals surface area contributed by atoms with Gasteiger partial charge in [-0.25, -0.2) is 0 Å². The molecule has 5 nitrogen and oxygen atoms in total. The molecule has 0 saturated carbocycles. The molecule has 0 radical (unpaired) electrons. The van der Waals surface area contributed by atoms with Crippen LogP contribution < -0.4 is 14.8 Å². The molecule has 3 rings (SSSR count). The van der Waals surface area contributed by atoms with E-state index in [0.717, 1.165) is 31.0 Å². The Morgan fingerprint density at radius 1 is 1.14 bits per heavy atom. The zero-order valence-electron chi connectivity index (χ0n) is 17.2. The number of nitrogens with zero attached hydrogens (tertiary/aromatic N) is 1. The van der Waals surface area contributed by atoms with Crippen LogP contribution >= 0.6 is 0 Å². The van der Waals surface area contributed by atoms with E-state index < -0.39 is 0 Å². The van der Waals surface area contributed by atoms with Gasteiger partial charge < -0.3 is 14.8 Å². The number of benzene rings is 2. The third-order valence-electron chi connectivity index (χ3n) is 5.34. The van der Waals surface area contributed by atoms with Crippen LogP contribution in [0.2, 0.25) is 0 Å². The Morgan fingerprint density at radius 3 is 2.46 bits per heavy atom. The van der Waals surface area contributed by atoms with Crippen LogP contribution in [0.5, 0.6) is 11.5 Å². The minimum atomic E-state index is -0.0314. The number of ether oxygens (including phenoxy) is 2. The molecule has 0 aliphatic carbocycles. The lowest BCUT2D eigenvalue weighted by Crippen LogP contribution is -2.42. The summed E-state index contributed by atoms with van der Waals surface area (Å²) in [5, 5.41) is 3.12. The molecule has 1 aliphatic heterocycles. The summed E-state index contributed by atoms with van der Waals surface area (Å²) in [5.41, 5.74) is 3.72. The van der Waals surface area contributed by atoms with Gasteiger partial charge in [0, 0.05) is 25.6 Å². The summed E-state index contributed by atoms with van der Waals surface area (Å²) in [6, 6.07) is 14.7. The largest absolute Gasteiger partial charge is 0.493 e. The molecule has 0 saturated heterocycles. The molecule has 0 spiro atoms. The monoisotopic (exact) mass is 382 g/mol. The zero-order valence-corrected chi connectivity index (χ0v) is 17.2. The van der Waals surface area contributed by atoms with Gasteiger partial charge in [0.25, 0.3) is 0 Å². The van der Waals surface area contributed by atoms with Gasteiger partial charge in [-0.1, -0.05) is 44.2 Å². The van der Waals surface area contributed by atoms with E-state index in [4.69, 9.17) is 9.47 Å². The number of hydrogen-bond donors (Lipinski definition) is 1. The Morgan fingerprint density at radius 2 is 1.82 bits per heavy atom. The van der Waals surface area contributed by atoms with Crippen molar-refractivity contribution in [2.45, 2.75) is 32.9 Å². The van der Waals surface area contributed by atoms with Crippen molar-refractivity contribution in [2.75, 3.05) is 27.3 Å². The first-order valence-electron chi connectivity index (χ1n) is 9.84. The molecule has 0 bridgehead atoms. The van der Waals surface area contributed by atoms with Crippen molar-refractivity contribution in [1.29, 1.82) is 0 Å². The van der Waals surface area contributed by atoms with E-state index in [1.54, 1.807) is 14.2 Å². The SMILES string of the molecule is COc1cc2c(cc1OC)[C@H](CNC(=O)C(C)C)N(Cc1ccccc1)CC2. The van der Waals surface area contributed by atoms with Gasteiger partial charge in [-0.3, -0.25) is 9.69 Å². The van der Waals surface area contributed by atoms with Gasteiger partial charge in [0.15, 0.2) is 11.5 Å². The molecular formula is C23H30N2O3. The molecule has 1 atom stereocenters. The number of carbonyl (C=O) groups excluding carboxylic acids is 1. The lowest BCUT2D eigenvalue weighted by Gasteiger charge is -2.38. The second kappa shape index (κ2) is 9.11. The van der Waals surface area contributed by atoms with E-state index in [0.29, 0.717) is 6.54 Å². The molecule has 0 unspecified atom stereocenters. The van der Waals surface area contributed by atoms with Crippen LogP contribution in [0.3, 0.4) is 0 Å². The molecule has 5 heteroatoms. The third kappa shape index (κ3) is 4.47. The average molecular weight is 383 g/mol. The van der Waals surface area contributed by atoms with E-state index in [2.05, 4.69) is 46.6 Å². The number of methoxy groups -OCH3 is 2. The Bertz CT molecular complexity index is 805.